The highest BCUT2D eigenvalue weighted by Crippen LogP contribution is 2.11. The molecule has 2 rings (SSSR count). The van der Waals surface area contributed by atoms with Crippen molar-refractivity contribution < 1.29 is 4.74 Å². The highest BCUT2D eigenvalue weighted by atomic mass is 127. The lowest BCUT2D eigenvalue weighted by atomic mass is 10.1. The van der Waals surface area contributed by atoms with E-state index >= 15 is 0 Å². The van der Waals surface area contributed by atoms with Crippen molar-refractivity contribution in [2.24, 2.45) is 5.10 Å². The maximum absolute atomic E-state index is 5.02. The summed E-state index contributed by atoms with van der Waals surface area (Å²) in [6.45, 7) is 1.94. The number of hydrazone groups is 1. The number of aromatic nitrogens is 2. The summed E-state index contributed by atoms with van der Waals surface area (Å²) in [4.78, 5) is 7.99. The molecule has 1 heterocycles. The Hall–Kier alpha value is -1.70. The fraction of sp³-hybridized carbons (Fsp3) is 0.154. The molecule has 0 amide bonds. The van der Waals surface area contributed by atoms with Gasteiger partial charge in [0.1, 0.15) is 6.33 Å². The molecule has 0 aliphatic rings. The normalized spacial score (nSPS) is 11.2. The van der Waals surface area contributed by atoms with Crippen LogP contribution in [0.5, 0.6) is 5.88 Å². The molecule has 1 N–H and O–H groups in total. The molecular formula is C13H13IN4O. The first-order valence-electron chi connectivity index (χ1n) is 5.61. The topological polar surface area (TPSA) is 59.4 Å². The summed E-state index contributed by atoms with van der Waals surface area (Å²) in [7, 11) is 1.56. The maximum Gasteiger partial charge on any atom is 0.218 e. The van der Waals surface area contributed by atoms with Gasteiger partial charge in [-0.3, -0.25) is 5.43 Å². The second-order valence-electron chi connectivity index (χ2n) is 3.76. The van der Waals surface area contributed by atoms with Crippen LogP contribution in [0.15, 0.2) is 41.8 Å². The summed E-state index contributed by atoms with van der Waals surface area (Å²) in [6.07, 6.45) is 1.43. The highest BCUT2D eigenvalue weighted by molar-refractivity contribution is 14.1. The van der Waals surface area contributed by atoms with Gasteiger partial charge in [0.25, 0.3) is 0 Å². The Bertz CT molecular complexity index is 583. The van der Waals surface area contributed by atoms with E-state index < -0.39 is 0 Å². The van der Waals surface area contributed by atoms with Crippen LogP contribution < -0.4 is 10.2 Å². The van der Waals surface area contributed by atoms with Gasteiger partial charge in [0.05, 0.1) is 12.8 Å². The van der Waals surface area contributed by atoms with Crippen molar-refractivity contribution in [3.05, 3.63) is 45.8 Å². The number of methoxy groups -OCH3 is 1. The minimum atomic E-state index is 0.500. The average Bonchev–Trinajstić information content (AvgIpc) is 2.46. The van der Waals surface area contributed by atoms with Crippen LogP contribution in [0.2, 0.25) is 0 Å². The molecule has 0 bridgehead atoms. The molecule has 0 aliphatic heterocycles. The van der Waals surface area contributed by atoms with Crippen LogP contribution in [0.1, 0.15) is 12.5 Å². The van der Waals surface area contributed by atoms with Gasteiger partial charge in [-0.25, -0.2) is 9.97 Å². The number of nitrogens with zero attached hydrogens (tertiary/aromatic N) is 3. The first-order chi connectivity index (χ1) is 9.19. The maximum atomic E-state index is 5.02. The Labute approximate surface area is 125 Å². The average molecular weight is 368 g/mol. The molecule has 1 aromatic heterocycles. The standard InChI is InChI=1S/C13H13IN4O/c1-9(10-3-5-11(14)6-4-10)17-18-12-7-13(19-2)16-8-15-12/h3-8H,1-2H3,(H,15,16,18). The molecule has 0 atom stereocenters. The van der Waals surface area contributed by atoms with E-state index in [1.807, 2.05) is 31.2 Å². The molecule has 0 fully saturated rings. The largest absolute Gasteiger partial charge is 0.481 e. The zero-order chi connectivity index (χ0) is 13.7. The number of rotatable bonds is 4. The summed E-state index contributed by atoms with van der Waals surface area (Å²) < 4.78 is 6.22. The zero-order valence-corrected chi connectivity index (χ0v) is 12.7. The van der Waals surface area contributed by atoms with Crippen molar-refractivity contribution in [3.8, 4) is 5.88 Å². The lowest BCUT2D eigenvalue weighted by molar-refractivity contribution is 0.397. The lowest BCUT2D eigenvalue weighted by Gasteiger charge is -2.04. The summed E-state index contributed by atoms with van der Waals surface area (Å²) >= 11 is 2.27. The van der Waals surface area contributed by atoms with Crippen LogP contribution in [0.4, 0.5) is 5.82 Å². The Morgan fingerprint density at radius 2 is 2.00 bits per heavy atom. The second kappa shape index (κ2) is 6.46. The van der Waals surface area contributed by atoms with Crippen molar-refractivity contribution in [2.75, 3.05) is 12.5 Å². The van der Waals surface area contributed by atoms with Gasteiger partial charge in [-0.1, -0.05) is 12.1 Å². The van der Waals surface area contributed by atoms with E-state index in [1.165, 1.54) is 9.90 Å². The van der Waals surface area contributed by atoms with Crippen LogP contribution in [0, 0.1) is 3.57 Å². The van der Waals surface area contributed by atoms with Crippen LogP contribution in [-0.2, 0) is 0 Å². The number of hydrogen-bond acceptors (Lipinski definition) is 5. The van der Waals surface area contributed by atoms with Gasteiger partial charge in [-0.15, -0.1) is 0 Å². The smallest absolute Gasteiger partial charge is 0.218 e. The highest BCUT2D eigenvalue weighted by Gasteiger charge is 1.99. The van der Waals surface area contributed by atoms with E-state index in [4.69, 9.17) is 4.74 Å². The summed E-state index contributed by atoms with van der Waals surface area (Å²) in [5, 5.41) is 4.29. The number of hydrogen-bond donors (Lipinski definition) is 1. The molecule has 0 aliphatic carbocycles. The minimum Gasteiger partial charge on any atom is -0.481 e. The van der Waals surface area contributed by atoms with Gasteiger partial charge >= 0.3 is 0 Å². The molecule has 2 aromatic rings. The van der Waals surface area contributed by atoms with E-state index in [9.17, 15) is 0 Å². The quantitative estimate of drug-likeness (QED) is 0.512. The molecular weight excluding hydrogens is 355 g/mol. The van der Waals surface area contributed by atoms with Gasteiger partial charge in [-0.05, 0) is 47.2 Å². The van der Waals surface area contributed by atoms with Crippen molar-refractivity contribution in [2.45, 2.75) is 6.92 Å². The van der Waals surface area contributed by atoms with E-state index in [0.717, 1.165) is 11.3 Å². The predicted octanol–water partition coefficient (Wildman–Crippen LogP) is 2.93. The van der Waals surface area contributed by atoms with Crippen LogP contribution >= 0.6 is 22.6 Å². The molecule has 0 spiro atoms. The fourth-order valence-corrected chi connectivity index (χ4v) is 1.77. The number of ether oxygens (including phenoxy) is 1. The van der Waals surface area contributed by atoms with Crippen molar-refractivity contribution in [3.63, 3.8) is 0 Å². The van der Waals surface area contributed by atoms with E-state index in [-0.39, 0.29) is 0 Å². The molecule has 0 radical (unpaired) electrons. The number of nitrogens with one attached hydrogen (secondary N) is 1. The van der Waals surface area contributed by atoms with Crippen molar-refractivity contribution in [1.29, 1.82) is 0 Å². The van der Waals surface area contributed by atoms with Crippen LogP contribution in [0.3, 0.4) is 0 Å². The molecule has 19 heavy (non-hydrogen) atoms. The van der Waals surface area contributed by atoms with Gasteiger partial charge in [0.2, 0.25) is 5.88 Å². The third-order valence-corrected chi connectivity index (χ3v) is 3.17. The summed E-state index contributed by atoms with van der Waals surface area (Å²) in [5.74, 6) is 1.09. The molecule has 98 valence electrons. The molecule has 6 heteroatoms. The first-order valence-corrected chi connectivity index (χ1v) is 6.69. The summed E-state index contributed by atoms with van der Waals surface area (Å²) in [5.41, 5.74) is 4.83. The van der Waals surface area contributed by atoms with Gasteiger partial charge in [0.15, 0.2) is 5.82 Å². The van der Waals surface area contributed by atoms with E-state index in [0.29, 0.717) is 11.7 Å². The van der Waals surface area contributed by atoms with Crippen LogP contribution in [0.25, 0.3) is 0 Å². The number of benzene rings is 1. The summed E-state index contributed by atoms with van der Waals surface area (Å²) in [6, 6.07) is 9.83. The van der Waals surface area contributed by atoms with Gasteiger partial charge in [0, 0.05) is 9.64 Å². The molecule has 0 saturated carbocycles. The fourth-order valence-electron chi connectivity index (χ4n) is 1.41. The minimum absolute atomic E-state index is 0.500. The molecule has 1 aromatic carbocycles. The Morgan fingerprint density at radius 1 is 1.26 bits per heavy atom. The monoisotopic (exact) mass is 368 g/mol. The third-order valence-electron chi connectivity index (χ3n) is 2.45. The Balaban J connectivity index is 2.10. The van der Waals surface area contributed by atoms with Crippen molar-refractivity contribution >= 4 is 34.1 Å². The lowest BCUT2D eigenvalue weighted by Crippen LogP contribution is -2.01. The molecule has 0 saturated heterocycles. The van der Waals surface area contributed by atoms with Crippen LogP contribution in [-0.4, -0.2) is 22.8 Å². The number of anilines is 1. The van der Waals surface area contributed by atoms with Crippen molar-refractivity contribution in [1.82, 2.24) is 9.97 Å². The Morgan fingerprint density at radius 3 is 2.68 bits per heavy atom. The molecule has 5 nitrogen and oxygen atoms in total. The molecule has 0 unspecified atom stereocenters. The van der Waals surface area contributed by atoms with Gasteiger partial charge < -0.3 is 4.74 Å². The predicted molar refractivity (Wildman–Crippen MR) is 83.6 cm³/mol. The Kier molecular flexibility index (Phi) is 4.67. The zero-order valence-electron chi connectivity index (χ0n) is 10.6. The van der Waals surface area contributed by atoms with E-state index in [2.05, 4.69) is 43.1 Å². The number of halogens is 1. The van der Waals surface area contributed by atoms with Gasteiger partial charge in [-0.2, -0.15) is 5.10 Å². The third kappa shape index (κ3) is 3.88. The van der Waals surface area contributed by atoms with E-state index in [1.54, 1.807) is 13.2 Å². The SMILES string of the molecule is COc1cc(NN=C(C)c2ccc(I)cc2)ncn1. The first kappa shape index (κ1) is 13.7. The second-order valence-corrected chi connectivity index (χ2v) is 5.01.